The van der Waals surface area contributed by atoms with Crippen molar-refractivity contribution in [2.24, 2.45) is 5.92 Å². The van der Waals surface area contributed by atoms with Crippen molar-refractivity contribution in [1.29, 1.82) is 0 Å². The summed E-state index contributed by atoms with van der Waals surface area (Å²) in [4.78, 5) is 28.8. The molecule has 5 nitrogen and oxygen atoms in total. The van der Waals surface area contributed by atoms with Crippen LogP contribution in [0.15, 0.2) is 23.9 Å². The fourth-order valence-corrected chi connectivity index (χ4v) is 1.89. The molecule has 0 unspecified atom stereocenters. The molecule has 5 heteroatoms. The van der Waals surface area contributed by atoms with E-state index in [4.69, 9.17) is 4.84 Å². The zero-order valence-electron chi connectivity index (χ0n) is 10.9. The predicted octanol–water partition coefficient (Wildman–Crippen LogP) is 1.10. The van der Waals surface area contributed by atoms with E-state index in [1.165, 1.54) is 0 Å². The van der Waals surface area contributed by atoms with E-state index in [1.54, 1.807) is 6.08 Å². The molecule has 0 bridgehead atoms. The largest absolute Gasteiger partial charge is 0.412 e. The highest BCUT2D eigenvalue weighted by atomic mass is 16.6. The van der Waals surface area contributed by atoms with Gasteiger partial charge in [0.2, 0.25) is 0 Å². The van der Waals surface area contributed by atoms with Gasteiger partial charge in [0, 0.05) is 12.8 Å². The Morgan fingerprint density at radius 3 is 2.44 bits per heavy atom. The third-order valence-electron chi connectivity index (χ3n) is 2.68. The fraction of sp³-hybridized carbons (Fsp3) is 0.538. The van der Waals surface area contributed by atoms with E-state index in [9.17, 15) is 9.59 Å². The topological polar surface area (TPSA) is 86.9 Å². The highest BCUT2D eigenvalue weighted by Crippen LogP contribution is 2.24. The number of carbonyl (C=O) groups is 2. The fourth-order valence-electron chi connectivity index (χ4n) is 1.89. The molecule has 3 N–H and O–H groups in total. The molecule has 18 heavy (non-hydrogen) atoms. The van der Waals surface area contributed by atoms with Crippen LogP contribution in [0.1, 0.15) is 33.1 Å². The van der Waals surface area contributed by atoms with Gasteiger partial charge in [-0.3, -0.25) is 19.9 Å². The van der Waals surface area contributed by atoms with E-state index >= 15 is 0 Å². The highest BCUT2D eigenvalue weighted by molar-refractivity contribution is 6.22. The predicted molar refractivity (Wildman–Crippen MR) is 68.6 cm³/mol. The Morgan fingerprint density at radius 1 is 1.44 bits per heavy atom. The third-order valence-corrected chi connectivity index (χ3v) is 2.68. The van der Waals surface area contributed by atoms with Crippen LogP contribution in [-0.2, 0) is 14.4 Å². The molecular formula is C13H21NO4. The van der Waals surface area contributed by atoms with E-state index in [0.29, 0.717) is 31.6 Å². The number of rotatable bonds is 5. The summed E-state index contributed by atoms with van der Waals surface area (Å²) in [5, 5.41) is 0. The van der Waals surface area contributed by atoms with E-state index in [1.807, 2.05) is 13.8 Å². The van der Waals surface area contributed by atoms with Gasteiger partial charge in [-0.1, -0.05) is 19.9 Å². The Labute approximate surface area is 107 Å². The lowest BCUT2D eigenvalue weighted by atomic mass is 9.84. The summed E-state index contributed by atoms with van der Waals surface area (Å²) in [5.74, 6) is -0.0217. The lowest BCUT2D eigenvalue weighted by Gasteiger charge is -2.21. The normalized spacial score (nSPS) is 19.2. The van der Waals surface area contributed by atoms with Crippen LogP contribution in [0.3, 0.4) is 0 Å². The zero-order chi connectivity index (χ0) is 12.8. The monoisotopic (exact) mass is 255 g/mol. The molecule has 0 saturated heterocycles. The number of Topliss-reactive ketones (excluding diaryl/α,β-unsaturated/α-hetero) is 2. The summed E-state index contributed by atoms with van der Waals surface area (Å²) < 4.78 is 0. The molecule has 0 spiro atoms. The lowest BCUT2D eigenvalue weighted by Crippen LogP contribution is -2.29. The summed E-state index contributed by atoms with van der Waals surface area (Å²) in [6, 6.07) is 0. The summed E-state index contributed by atoms with van der Waals surface area (Å²) in [7, 11) is 0. The first-order chi connectivity index (χ1) is 8.10. The number of carbonyl (C=O) groups excluding carboxylic acids is 2. The van der Waals surface area contributed by atoms with Crippen LogP contribution in [0.5, 0.6) is 0 Å². The minimum atomic E-state index is -0.0831. The van der Waals surface area contributed by atoms with Crippen LogP contribution in [0.2, 0.25) is 0 Å². The molecule has 1 aliphatic rings. The van der Waals surface area contributed by atoms with Gasteiger partial charge in [0.1, 0.15) is 0 Å². The molecule has 0 atom stereocenters. The van der Waals surface area contributed by atoms with Crippen molar-refractivity contribution in [2.45, 2.75) is 33.1 Å². The minimum Gasteiger partial charge on any atom is -0.412 e. The van der Waals surface area contributed by atoms with Gasteiger partial charge in [-0.05, 0) is 12.3 Å². The van der Waals surface area contributed by atoms with Gasteiger partial charge in [0.15, 0.2) is 11.6 Å². The van der Waals surface area contributed by atoms with Crippen molar-refractivity contribution in [3.05, 3.63) is 23.9 Å². The molecule has 0 aromatic heterocycles. The van der Waals surface area contributed by atoms with Gasteiger partial charge in [-0.2, -0.15) is 0 Å². The standard InChI is InChI=1S/C13H19NO3.H2O/c1-4-6-17-14-10(5-2)13-11(15)7-9(3)8-12(13)16;/h4,9,14H,1,5-8H2,2-3H3;1H2. The number of ketones is 2. The summed E-state index contributed by atoms with van der Waals surface area (Å²) in [6.45, 7) is 7.65. The average molecular weight is 255 g/mol. The lowest BCUT2D eigenvalue weighted by molar-refractivity contribution is -0.125. The smallest absolute Gasteiger partial charge is 0.168 e. The number of hydrogen-bond acceptors (Lipinski definition) is 4. The molecule has 1 rings (SSSR count). The zero-order valence-corrected chi connectivity index (χ0v) is 10.9. The first kappa shape index (κ1) is 16.5. The highest BCUT2D eigenvalue weighted by Gasteiger charge is 2.30. The number of nitrogens with one attached hydrogen (secondary N) is 1. The van der Waals surface area contributed by atoms with Gasteiger partial charge in [-0.15, -0.1) is 6.58 Å². The van der Waals surface area contributed by atoms with Crippen molar-refractivity contribution in [1.82, 2.24) is 5.48 Å². The Morgan fingerprint density at radius 2 is 2.00 bits per heavy atom. The molecule has 0 aromatic rings. The number of allylic oxidation sites excluding steroid dienone is 2. The molecular weight excluding hydrogens is 234 g/mol. The molecule has 102 valence electrons. The molecule has 0 aromatic carbocycles. The maximum Gasteiger partial charge on any atom is 0.168 e. The van der Waals surface area contributed by atoms with Crippen molar-refractivity contribution in [3.8, 4) is 0 Å². The Bertz CT molecular complexity index is 340. The minimum absolute atomic E-state index is 0. The quantitative estimate of drug-likeness (QED) is 0.262. The van der Waals surface area contributed by atoms with Crippen LogP contribution in [-0.4, -0.2) is 23.6 Å². The van der Waals surface area contributed by atoms with Crippen LogP contribution >= 0.6 is 0 Å². The van der Waals surface area contributed by atoms with Crippen molar-refractivity contribution >= 4 is 11.6 Å². The molecule has 1 saturated carbocycles. The maximum absolute atomic E-state index is 11.9. The molecule has 1 aliphatic carbocycles. The maximum atomic E-state index is 11.9. The molecule has 0 amide bonds. The summed E-state index contributed by atoms with van der Waals surface area (Å²) in [6.07, 6.45) is 3.04. The third kappa shape index (κ3) is 4.09. The van der Waals surface area contributed by atoms with Gasteiger partial charge in [0.05, 0.1) is 17.9 Å². The van der Waals surface area contributed by atoms with Gasteiger partial charge in [-0.25, -0.2) is 0 Å². The van der Waals surface area contributed by atoms with E-state index in [0.717, 1.165) is 0 Å². The van der Waals surface area contributed by atoms with Crippen LogP contribution in [0.25, 0.3) is 0 Å². The van der Waals surface area contributed by atoms with E-state index in [2.05, 4.69) is 12.1 Å². The number of hydrogen-bond donors (Lipinski definition) is 1. The second-order valence-electron chi connectivity index (χ2n) is 4.27. The Balaban J connectivity index is 0.00000289. The molecule has 0 heterocycles. The van der Waals surface area contributed by atoms with Crippen molar-refractivity contribution in [3.63, 3.8) is 0 Å². The van der Waals surface area contributed by atoms with Crippen LogP contribution in [0.4, 0.5) is 0 Å². The second-order valence-corrected chi connectivity index (χ2v) is 4.27. The Hall–Kier alpha value is -1.46. The summed E-state index contributed by atoms with van der Waals surface area (Å²) in [5.41, 5.74) is 3.55. The van der Waals surface area contributed by atoms with Gasteiger partial charge in [0.25, 0.3) is 0 Å². The first-order valence-corrected chi connectivity index (χ1v) is 5.88. The molecule has 1 fully saturated rings. The average Bonchev–Trinajstić information content (AvgIpc) is 2.25. The Kier molecular flexibility index (Phi) is 7.16. The van der Waals surface area contributed by atoms with Crippen LogP contribution in [0, 0.1) is 5.92 Å². The van der Waals surface area contributed by atoms with E-state index < -0.39 is 0 Å². The molecule has 0 aliphatic heterocycles. The first-order valence-electron chi connectivity index (χ1n) is 5.88. The summed E-state index contributed by atoms with van der Waals surface area (Å²) >= 11 is 0. The molecule has 0 radical (unpaired) electrons. The van der Waals surface area contributed by atoms with Crippen molar-refractivity contribution < 1.29 is 19.9 Å². The number of hydroxylamine groups is 1. The van der Waals surface area contributed by atoms with Gasteiger partial charge < -0.3 is 5.48 Å². The van der Waals surface area contributed by atoms with Crippen molar-refractivity contribution in [2.75, 3.05) is 6.61 Å². The second kappa shape index (κ2) is 7.79. The van der Waals surface area contributed by atoms with E-state index in [-0.39, 0.29) is 28.5 Å². The SMILES string of the molecule is C=CCONC(CC)=C1C(=O)CC(C)CC1=O.O. The van der Waals surface area contributed by atoms with Crippen LogP contribution < -0.4 is 5.48 Å². The van der Waals surface area contributed by atoms with Gasteiger partial charge >= 0.3 is 0 Å².